The van der Waals surface area contributed by atoms with Crippen LogP contribution in [0.5, 0.6) is 0 Å². The zero-order chi connectivity index (χ0) is 11.1. The molecule has 0 atom stereocenters. The zero-order valence-electron chi connectivity index (χ0n) is 8.63. The Morgan fingerprint density at radius 2 is 1.69 bits per heavy atom. The molecule has 0 unspecified atom stereocenters. The van der Waals surface area contributed by atoms with Gasteiger partial charge in [0.1, 0.15) is 5.82 Å². The number of nitrogens with one attached hydrogen (secondary N) is 1. The van der Waals surface area contributed by atoms with Gasteiger partial charge in [-0.05, 0) is 12.1 Å². The van der Waals surface area contributed by atoms with Crippen molar-refractivity contribution in [1.29, 1.82) is 0 Å². The first-order valence-electron chi connectivity index (χ1n) is 4.66. The number of hydrogen-bond donors (Lipinski definition) is 1. The molecule has 0 spiro atoms. The van der Waals surface area contributed by atoms with E-state index >= 15 is 0 Å². The molecule has 0 aliphatic rings. The molecule has 0 heterocycles. The molecule has 0 fully saturated rings. The van der Waals surface area contributed by atoms with Crippen LogP contribution in [0.25, 0.3) is 0 Å². The van der Waals surface area contributed by atoms with E-state index in [2.05, 4.69) is 5.43 Å². The van der Waals surface area contributed by atoms with E-state index < -0.39 is 0 Å². The summed E-state index contributed by atoms with van der Waals surface area (Å²) in [5, 5.41) is 1.79. The van der Waals surface area contributed by atoms with E-state index in [0.717, 1.165) is 0 Å². The minimum Gasteiger partial charge on any atom is -0.316 e. The van der Waals surface area contributed by atoms with Gasteiger partial charge in [0.05, 0.1) is 5.69 Å². The Bertz CT molecular complexity index is 293. The third-order valence-electron chi connectivity index (χ3n) is 1.86. The number of anilines is 1. The van der Waals surface area contributed by atoms with Crippen LogP contribution in [0.15, 0.2) is 24.3 Å². The third kappa shape index (κ3) is 5.21. The molecule has 1 rings (SSSR count). The molecular weight excluding hydrogens is 273 g/mol. The lowest BCUT2D eigenvalue weighted by atomic mass is 10.3. The van der Waals surface area contributed by atoms with Crippen LogP contribution in [-0.4, -0.2) is 29.9 Å². The molecule has 1 aromatic carbocycles. The van der Waals surface area contributed by atoms with Gasteiger partial charge < -0.3 is 5.43 Å². The van der Waals surface area contributed by atoms with E-state index in [1.807, 2.05) is 0 Å². The first kappa shape index (κ1) is 15.8. The zero-order valence-corrected chi connectivity index (χ0v) is 11.0. The maximum atomic E-state index is 13.3. The maximum absolute atomic E-state index is 13.3. The van der Waals surface area contributed by atoms with Gasteiger partial charge in [0, 0.05) is 24.8 Å². The lowest BCUT2D eigenvalue weighted by molar-refractivity contribution is 0.368. The molecule has 0 aromatic heterocycles. The van der Waals surface area contributed by atoms with E-state index in [0.29, 0.717) is 30.5 Å². The summed E-state index contributed by atoms with van der Waals surface area (Å²) in [6.45, 7) is 1.23. The van der Waals surface area contributed by atoms with Crippen molar-refractivity contribution in [3.8, 4) is 0 Å². The molecule has 6 heteroatoms. The SMILES string of the molecule is Cl.Fc1ccccc1NN(CCCl)CCCl. The van der Waals surface area contributed by atoms with E-state index in [-0.39, 0.29) is 18.2 Å². The van der Waals surface area contributed by atoms with Crippen molar-refractivity contribution < 1.29 is 4.39 Å². The molecule has 1 aromatic rings. The summed E-state index contributed by atoms with van der Waals surface area (Å²) in [4.78, 5) is 0. The molecule has 2 nitrogen and oxygen atoms in total. The molecule has 0 radical (unpaired) electrons. The number of alkyl halides is 2. The quantitative estimate of drug-likeness (QED) is 0.637. The largest absolute Gasteiger partial charge is 0.316 e. The summed E-state index contributed by atoms with van der Waals surface area (Å²) in [5.74, 6) is 0.656. The number of halogens is 4. The molecule has 0 amide bonds. The molecule has 0 saturated heterocycles. The van der Waals surface area contributed by atoms with Crippen molar-refractivity contribution in [2.45, 2.75) is 0 Å². The monoisotopic (exact) mass is 286 g/mol. The van der Waals surface area contributed by atoms with Gasteiger partial charge in [0.25, 0.3) is 0 Å². The number of benzene rings is 1. The maximum Gasteiger partial charge on any atom is 0.147 e. The second-order valence-electron chi connectivity index (χ2n) is 2.96. The molecular formula is C10H14Cl3FN2. The molecule has 0 aliphatic carbocycles. The lowest BCUT2D eigenvalue weighted by Gasteiger charge is -2.22. The predicted octanol–water partition coefficient (Wildman–Crippen LogP) is 3.35. The van der Waals surface area contributed by atoms with Crippen molar-refractivity contribution in [2.75, 3.05) is 30.3 Å². The Hall–Kier alpha value is -0.220. The minimum absolute atomic E-state index is 0. The predicted molar refractivity (Wildman–Crippen MR) is 70.3 cm³/mol. The Balaban J connectivity index is 0.00000225. The Kier molecular flexibility index (Phi) is 8.76. The number of hydrazine groups is 1. The van der Waals surface area contributed by atoms with Gasteiger partial charge in [-0.3, -0.25) is 0 Å². The summed E-state index contributed by atoms with van der Waals surface area (Å²) in [6.07, 6.45) is 0. The van der Waals surface area contributed by atoms with Gasteiger partial charge >= 0.3 is 0 Å². The van der Waals surface area contributed by atoms with Crippen LogP contribution < -0.4 is 5.43 Å². The molecule has 0 bridgehead atoms. The molecule has 92 valence electrons. The van der Waals surface area contributed by atoms with E-state index in [1.165, 1.54) is 6.07 Å². The minimum atomic E-state index is -0.286. The van der Waals surface area contributed by atoms with Crippen LogP contribution in [0, 0.1) is 5.82 Å². The van der Waals surface area contributed by atoms with Gasteiger partial charge in [0.15, 0.2) is 0 Å². The first-order valence-corrected chi connectivity index (χ1v) is 5.73. The summed E-state index contributed by atoms with van der Waals surface area (Å²) in [7, 11) is 0. The van der Waals surface area contributed by atoms with Crippen LogP contribution in [0.1, 0.15) is 0 Å². The van der Waals surface area contributed by atoms with Crippen molar-refractivity contribution in [3.63, 3.8) is 0 Å². The average molecular weight is 288 g/mol. The van der Waals surface area contributed by atoms with Gasteiger partial charge in [-0.1, -0.05) is 12.1 Å². The van der Waals surface area contributed by atoms with Crippen molar-refractivity contribution in [2.24, 2.45) is 0 Å². The lowest BCUT2D eigenvalue weighted by Crippen LogP contribution is -2.33. The summed E-state index contributed by atoms with van der Waals surface area (Å²) >= 11 is 11.2. The number of rotatable bonds is 6. The third-order valence-corrected chi connectivity index (χ3v) is 2.20. The van der Waals surface area contributed by atoms with Crippen molar-refractivity contribution in [1.82, 2.24) is 5.01 Å². The fourth-order valence-corrected chi connectivity index (χ4v) is 1.56. The van der Waals surface area contributed by atoms with Gasteiger partial charge in [-0.2, -0.15) is 0 Å². The number of nitrogens with zero attached hydrogens (tertiary/aromatic N) is 1. The summed E-state index contributed by atoms with van der Waals surface area (Å²) < 4.78 is 13.3. The van der Waals surface area contributed by atoms with Crippen LogP contribution in [0.3, 0.4) is 0 Å². The Morgan fingerprint density at radius 1 is 1.12 bits per heavy atom. The van der Waals surface area contributed by atoms with Gasteiger partial charge in [-0.25, -0.2) is 9.40 Å². The average Bonchev–Trinajstić information content (AvgIpc) is 2.22. The normalized spacial score (nSPS) is 10.0. The van der Waals surface area contributed by atoms with Crippen LogP contribution in [0.2, 0.25) is 0 Å². The summed E-state index contributed by atoms with van der Waals surface area (Å²) in [6, 6.07) is 6.49. The Labute approximate surface area is 111 Å². The number of para-hydroxylation sites is 1. The highest BCUT2D eigenvalue weighted by Crippen LogP contribution is 2.13. The molecule has 0 aliphatic heterocycles. The second-order valence-corrected chi connectivity index (χ2v) is 3.71. The molecule has 0 saturated carbocycles. The number of hydrogen-bond acceptors (Lipinski definition) is 2. The summed E-state index contributed by atoms with van der Waals surface area (Å²) in [5.41, 5.74) is 3.38. The van der Waals surface area contributed by atoms with Crippen molar-refractivity contribution >= 4 is 41.3 Å². The standard InChI is InChI=1S/C10H13Cl2FN2.ClH/c11-5-7-15(8-6-12)14-10-4-2-1-3-9(10)13;/h1-4,14H,5-8H2;1H. The van der Waals surface area contributed by atoms with Crippen LogP contribution in [-0.2, 0) is 0 Å². The smallest absolute Gasteiger partial charge is 0.147 e. The van der Waals surface area contributed by atoms with E-state index in [1.54, 1.807) is 23.2 Å². The molecule has 16 heavy (non-hydrogen) atoms. The van der Waals surface area contributed by atoms with E-state index in [9.17, 15) is 4.39 Å². The van der Waals surface area contributed by atoms with Crippen molar-refractivity contribution in [3.05, 3.63) is 30.1 Å². The first-order chi connectivity index (χ1) is 7.27. The van der Waals surface area contributed by atoms with E-state index in [4.69, 9.17) is 23.2 Å². The topological polar surface area (TPSA) is 15.3 Å². The molecule has 1 N–H and O–H groups in total. The fraction of sp³-hybridized carbons (Fsp3) is 0.400. The van der Waals surface area contributed by atoms with Gasteiger partial charge in [-0.15, -0.1) is 35.6 Å². The van der Waals surface area contributed by atoms with Crippen LogP contribution in [0.4, 0.5) is 10.1 Å². The fourth-order valence-electron chi connectivity index (χ4n) is 1.15. The second kappa shape index (κ2) is 8.88. The highest BCUT2D eigenvalue weighted by molar-refractivity contribution is 6.18. The highest BCUT2D eigenvalue weighted by Gasteiger charge is 2.06. The Morgan fingerprint density at radius 3 is 2.19 bits per heavy atom. The van der Waals surface area contributed by atoms with Gasteiger partial charge in [0.2, 0.25) is 0 Å². The van der Waals surface area contributed by atoms with Crippen LogP contribution >= 0.6 is 35.6 Å². The highest BCUT2D eigenvalue weighted by atomic mass is 35.5.